The normalized spacial score (nSPS) is 19.6. The zero-order valence-electron chi connectivity index (χ0n) is 28.1. The minimum Gasteiger partial charge on any atom is -0.317 e. The molecular weight excluding hydrogens is 637 g/mol. The van der Waals surface area contributed by atoms with E-state index in [0.29, 0.717) is 0 Å². The van der Waals surface area contributed by atoms with Gasteiger partial charge < -0.3 is 9.47 Å². The minimum atomic E-state index is -0.338. The minimum absolute atomic E-state index is 0.338. The van der Waals surface area contributed by atoms with Crippen LogP contribution in [0.25, 0.3) is 38.6 Å². The molecule has 11 rings (SSSR count). The predicted molar refractivity (Wildman–Crippen MR) is 214 cm³/mol. The maximum absolute atomic E-state index is 2.57. The lowest BCUT2D eigenvalue weighted by atomic mass is 9.65. The third-order valence-electron chi connectivity index (χ3n) is 11.3. The first-order valence-electron chi connectivity index (χ1n) is 18.0. The molecule has 3 heteroatoms. The smallest absolute Gasteiger partial charge is 0.0699 e. The SMILES string of the molecule is C1=CC2=C(CC1)C1(c3ccccc3S2)c2ccccc2-c2cc3c4cc5c(cc4n(-c4ccccc4)c3cc21)N(c1ccccc1)/C=C\C=C/C5. The number of thioether (sulfide) groups is 1. The fourth-order valence-electron chi connectivity index (χ4n) is 9.28. The van der Waals surface area contributed by atoms with Crippen molar-refractivity contribution in [1.29, 1.82) is 0 Å². The van der Waals surface area contributed by atoms with Gasteiger partial charge in [-0.1, -0.05) is 115 Å². The summed E-state index contributed by atoms with van der Waals surface area (Å²) in [7, 11) is 0. The highest BCUT2D eigenvalue weighted by molar-refractivity contribution is 8.03. The number of fused-ring (bicyclic) bond motifs is 12. The first kappa shape index (κ1) is 29.0. The standard InChI is InChI=1S/C48H34N2S/c1-5-17-33(18-6-1)49-27-15-3-4-16-32-28-37-38-29-36-35-21-9-10-22-39(35)48(40-23-11-13-25-46(40)51-47-26-14-12-24-41(47)48)42(36)30-44(38)50(45(37)31-43(32)49)34-19-7-2-8-20-34/h1-11,13-15,17-23,25-31H,12,16,24H2/b4-3-,27-15-. The molecule has 4 aliphatic rings. The largest absolute Gasteiger partial charge is 0.317 e. The maximum Gasteiger partial charge on any atom is 0.0699 e. The quantitative estimate of drug-likeness (QED) is 0.181. The predicted octanol–water partition coefficient (Wildman–Crippen LogP) is 12.6. The zero-order valence-corrected chi connectivity index (χ0v) is 28.9. The van der Waals surface area contributed by atoms with Gasteiger partial charge in [0, 0.05) is 38.1 Å². The van der Waals surface area contributed by atoms with Gasteiger partial charge in [0.15, 0.2) is 0 Å². The van der Waals surface area contributed by atoms with E-state index in [9.17, 15) is 0 Å². The van der Waals surface area contributed by atoms with Crippen molar-refractivity contribution in [3.8, 4) is 16.8 Å². The summed E-state index contributed by atoms with van der Waals surface area (Å²) in [5, 5.41) is 2.59. The highest BCUT2D eigenvalue weighted by Gasteiger charge is 2.51. The molecular formula is C48H34N2S. The van der Waals surface area contributed by atoms with E-state index >= 15 is 0 Å². The second-order valence-electron chi connectivity index (χ2n) is 13.9. The lowest BCUT2D eigenvalue weighted by Gasteiger charge is -2.42. The Kier molecular flexibility index (Phi) is 6.32. The Morgan fingerprint density at radius 2 is 1.31 bits per heavy atom. The fraction of sp³-hybridized carbons (Fsp3) is 0.0833. The highest BCUT2D eigenvalue weighted by Crippen LogP contribution is 2.64. The molecule has 2 aliphatic carbocycles. The van der Waals surface area contributed by atoms with E-state index in [2.05, 4.69) is 180 Å². The molecule has 2 aliphatic heterocycles. The summed E-state index contributed by atoms with van der Waals surface area (Å²) in [5.74, 6) is 0. The highest BCUT2D eigenvalue weighted by atomic mass is 32.2. The Morgan fingerprint density at radius 3 is 2.18 bits per heavy atom. The van der Waals surface area contributed by atoms with Gasteiger partial charge >= 0.3 is 0 Å². The van der Waals surface area contributed by atoms with E-state index < -0.39 is 0 Å². The summed E-state index contributed by atoms with van der Waals surface area (Å²) in [6, 6.07) is 50.1. The molecule has 0 fully saturated rings. The Morgan fingerprint density at radius 1 is 0.588 bits per heavy atom. The molecule has 0 radical (unpaired) electrons. The molecule has 6 aromatic carbocycles. The van der Waals surface area contributed by atoms with Gasteiger partial charge in [-0.15, -0.1) is 0 Å². The number of allylic oxidation sites excluding steroid dienone is 6. The second-order valence-corrected chi connectivity index (χ2v) is 15.0. The summed E-state index contributed by atoms with van der Waals surface area (Å²) in [5.41, 5.74) is 15.5. The molecule has 242 valence electrons. The van der Waals surface area contributed by atoms with Crippen molar-refractivity contribution in [3.05, 3.63) is 203 Å². The van der Waals surface area contributed by atoms with Crippen molar-refractivity contribution in [2.45, 2.75) is 29.6 Å². The number of aromatic nitrogens is 1. The van der Waals surface area contributed by atoms with Gasteiger partial charge in [-0.2, -0.15) is 0 Å². The van der Waals surface area contributed by atoms with Crippen molar-refractivity contribution < 1.29 is 0 Å². The Bertz CT molecular complexity index is 2690. The van der Waals surface area contributed by atoms with Gasteiger partial charge in [-0.25, -0.2) is 0 Å². The molecule has 0 amide bonds. The molecule has 2 nitrogen and oxygen atoms in total. The molecule has 1 atom stereocenters. The summed E-state index contributed by atoms with van der Waals surface area (Å²) in [6.45, 7) is 0. The molecule has 1 aromatic heterocycles. The molecule has 0 saturated carbocycles. The van der Waals surface area contributed by atoms with E-state index in [4.69, 9.17) is 0 Å². The number of hydrogen-bond acceptors (Lipinski definition) is 2. The van der Waals surface area contributed by atoms with Crippen LogP contribution in [0, 0.1) is 0 Å². The van der Waals surface area contributed by atoms with Gasteiger partial charge in [-0.05, 0) is 119 Å². The summed E-state index contributed by atoms with van der Waals surface area (Å²) < 4.78 is 2.52. The summed E-state index contributed by atoms with van der Waals surface area (Å²) in [4.78, 5) is 5.11. The van der Waals surface area contributed by atoms with Crippen LogP contribution in [-0.2, 0) is 11.8 Å². The van der Waals surface area contributed by atoms with Crippen LogP contribution in [0.1, 0.15) is 35.1 Å². The molecule has 0 saturated heterocycles. The van der Waals surface area contributed by atoms with Crippen molar-refractivity contribution >= 4 is 44.9 Å². The van der Waals surface area contributed by atoms with Crippen molar-refractivity contribution in [1.82, 2.24) is 4.57 Å². The maximum atomic E-state index is 2.57. The van der Waals surface area contributed by atoms with Gasteiger partial charge in [0.1, 0.15) is 0 Å². The molecule has 1 spiro atoms. The van der Waals surface area contributed by atoms with Gasteiger partial charge in [0.25, 0.3) is 0 Å². The first-order valence-corrected chi connectivity index (χ1v) is 18.8. The number of para-hydroxylation sites is 2. The zero-order chi connectivity index (χ0) is 33.5. The van der Waals surface area contributed by atoms with Crippen LogP contribution >= 0.6 is 11.8 Å². The van der Waals surface area contributed by atoms with Gasteiger partial charge in [0.05, 0.1) is 22.1 Å². The molecule has 1 unspecified atom stereocenters. The average molecular weight is 671 g/mol. The molecule has 0 bridgehead atoms. The number of anilines is 2. The van der Waals surface area contributed by atoms with E-state index in [-0.39, 0.29) is 5.41 Å². The Labute approximate surface area is 302 Å². The third-order valence-corrected chi connectivity index (χ3v) is 12.5. The van der Waals surface area contributed by atoms with Gasteiger partial charge in [-0.3, -0.25) is 0 Å². The topological polar surface area (TPSA) is 8.17 Å². The van der Waals surface area contributed by atoms with Gasteiger partial charge in [0.2, 0.25) is 0 Å². The van der Waals surface area contributed by atoms with Crippen molar-refractivity contribution in [2.24, 2.45) is 0 Å². The Balaban J connectivity index is 1.28. The third kappa shape index (κ3) is 4.07. The van der Waals surface area contributed by atoms with Crippen LogP contribution < -0.4 is 4.90 Å². The van der Waals surface area contributed by atoms with Crippen LogP contribution in [0.2, 0.25) is 0 Å². The van der Waals surface area contributed by atoms with Crippen molar-refractivity contribution in [3.63, 3.8) is 0 Å². The van der Waals surface area contributed by atoms with Crippen LogP contribution in [-0.4, -0.2) is 4.57 Å². The molecule has 0 N–H and O–H groups in total. The van der Waals surface area contributed by atoms with Crippen LogP contribution in [0.15, 0.2) is 185 Å². The first-order chi connectivity index (χ1) is 25.3. The van der Waals surface area contributed by atoms with Crippen LogP contribution in [0.5, 0.6) is 0 Å². The lowest BCUT2D eigenvalue weighted by molar-refractivity contribution is 0.673. The number of rotatable bonds is 2. The van der Waals surface area contributed by atoms with E-state index in [1.807, 2.05) is 11.8 Å². The van der Waals surface area contributed by atoms with E-state index in [0.717, 1.165) is 24.9 Å². The average Bonchev–Trinajstić information content (AvgIpc) is 3.64. The fourth-order valence-corrected chi connectivity index (χ4v) is 10.5. The van der Waals surface area contributed by atoms with E-state index in [1.54, 1.807) is 5.57 Å². The summed E-state index contributed by atoms with van der Waals surface area (Å²) in [6.07, 6.45) is 16.5. The summed E-state index contributed by atoms with van der Waals surface area (Å²) >= 11 is 1.95. The van der Waals surface area contributed by atoms with Crippen LogP contribution in [0.4, 0.5) is 11.4 Å². The van der Waals surface area contributed by atoms with E-state index in [1.165, 1.54) is 76.4 Å². The Hall–Kier alpha value is -5.77. The number of hydrogen-bond donors (Lipinski definition) is 0. The number of nitrogens with zero attached hydrogens (tertiary/aromatic N) is 2. The molecule has 51 heavy (non-hydrogen) atoms. The van der Waals surface area contributed by atoms with Crippen molar-refractivity contribution in [2.75, 3.05) is 4.90 Å². The monoisotopic (exact) mass is 670 g/mol. The molecule has 3 heterocycles. The number of benzene rings is 6. The lowest BCUT2D eigenvalue weighted by Crippen LogP contribution is -2.33. The van der Waals surface area contributed by atoms with Crippen LogP contribution in [0.3, 0.4) is 0 Å². The molecule has 7 aromatic rings. The second kappa shape index (κ2) is 11.1.